The summed E-state index contributed by atoms with van der Waals surface area (Å²) in [5.74, 6) is -0.311. The van der Waals surface area contributed by atoms with Crippen LogP contribution in [-0.4, -0.2) is 17.5 Å². The van der Waals surface area contributed by atoms with Crippen molar-refractivity contribution in [2.24, 2.45) is 0 Å². The van der Waals surface area contributed by atoms with Crippen molar-refractivity contribution in [1.82, 2.24) is 0 Å². The van der Waals surface area contributed by atoms with Crippen molar-refractivity contribution in [3.63, 3.8) is 0 Å². The molecule has 0 heterocycles. The quantitative estimate of drug-likeness (QED) is 0.373. The number of halogens is 1. The normalized spacial score (nSPS) is 14.9. The predicted octanol–water partition coefficient (Wildman–Crippen LogP) is 3.52. The SMILES string of the molecule is CCCCCC[C@@H](C)OC(=O)[C@H](C)Cl. The van der Waals surface area contributed by atoms with Gasteiger partial charge in [0.1, 0.15) is 5.38 Å². The van der Waals surface area contributed by atoms with Crippen molar-refractivity contribution >= 4 is 17.6 Å². The van der Waals surface area contributed by atoms with Crippen LogP contribution in [0.4, 0.5) is 0 Å². The number of esters is 1. The highest BCUT2D eigenvalue weighted by Crippen LogP contribution is 2.09. The average Bonchev–Trinajstić information content (AvgIpc) is 2.12. The van der Waals surface area contributed by atoms with Gasteiger partial charge in [0.2, 0.25) is 0 Å². The molecule has 14 heavy (non-hydrogen) atoms. The molecule has 2 nitrogen and oxygen atoms in total. The van der Waals surface area contributed by atoms with Crippen LogP contribution in [0.2, 0.25) is 0 Å². The van der Waals surface area contributed by atoms with Crippen LogP contribution < -0.4 is 0 Å². The van der Waals surface area contributed by atoms with E-state index in [1.54, 1.807) is 6.92 Å². The molecule has 0 saturated carbocycles. The Kier molecular flexibility index (Phi) is 7.96. The monoisotopic (exact) mass is 220 g/mol. The summed E-state index contributed by atoms with van der Waals surface area (Å²) >= 11 is 5.58. The molecule has 0 aliphatic heterocycles. The maximum Gasteiger partial charge on any atom is 0.324 e. The van der Waals surface area contributed by atoms with Crippen molar-refractivity contribution in [3.8, 4) is 0 Å². The fourth-order valence-electron chi connectivity index (χ4n) is 1.21. The second-order valence-electron chi connectivity index (χ2n) is 3.71. The molecule has 0 aliphatic carbocycles. The second kappa shape index (κ2) is 8.10. The third-order valence-electron chi connectivity index (χ3n) is 2.11. The Balaban J connectivity index is 3.45. The van der Waals surface area contributed by atoms with E-state index in [4.69, 9.17) is 16.3 Å². The molecule has 84 valence electrons. The molecule has 0 radical (unpaired) electrons. The molecule has 0 saturated heterocycles. The molecule has 0 aromatic rings. The maximum absolute atomic E-state index is 11.1. The first-order valence-electron chi connectivity index (χ1n) is 5.42. The van der Waals surface area contributed by atoms with Crippen LogP contribution in [0.15, 0.2) is 0 Å². The lowest BCUT2D eigenvalue weighted by Gasteiger charge is -2.13. The van der Waals surface area contributed by atoms with Crippen LogP contribution in [0.1, 0.15) is 52.9 Å². The van der Waals surface area contributed by atoms with Gasteiger partial charge in [-0.2, -0.15) is 0 Å². The van der Waals surface area contributed by atoms with Crippen LogP contribution in [0, 0.1) is 0 Å². The molecule has 0 bridgehead atoms. The van der Waals surface area contributed by atoms with Gasteiger partial charge in [0.15, 0.2) is 0 Å². The number of hydrogen-bond donors (Lipinski definition) is 0. The summed E-state index contributed by atoms with van der Waals surface area (Å²) in [6, 6.07) is 0. The molecule has 0 aliphatic rings. The number of carbonyl (C=O) groups is 1. The molecule has 0 amide bonds. The Morgan fingerprint density at radius 1 is 1.29 bits per heavy atom. The highest BCUT2D eigenvalue weighted by molar-refractivity contribution is 6.29. The highest BCUT2D eigenvalue weighted by Gasteiger charge is 2.13. The van der Waals surface area contributed by atoms with Crippen molar-refractivity contribution in [3.05, 3.63) is 0 Å². The minimum atomic E-state index is -0.534. The first kappa shape index (κ1) is 13.8. The van der Waals surface area contributed by atoms with Crippen LogP contribution in [0.25, 0.3) is 0 Å². The average molecular weight is 221 g/mol. The molecule has 2 atom stereocenters. The molecule has 0 aromatic heterocycles. The third-order valence-corrected chi connectivity index (χ3v) is 2.28. The first-order chi connectivity index (χ1) is 6.57. The van der Waals surface area contributed by atoms with Crippen molar-refractivity contribution in [2.45, 2.75) is 64.4 Å². The fourth-order valence-corrected chi connectivity index (χ4v) is 1.26. The number of rotatable bonds is 7. The number of unbranched alkanes of at least 4 members (excludes halogenated alkanes) is 3. The van der Waals surface area contributed by atoms with E-state index in [1.165, 1.54) is 19.3 Å². The predicted molar refractivity (Wildman–Crippen MR) is 59.6 cm³/mol. The van der Waals surface area contributed by atoms with Gasteiger partial charge in [-0.25, -0.2) is 0 Å². The molecule has 0 fully saturated rings. The number of alkyl halides is 1. The van der Waals surface area contributed by atoms with E-state index in [9.17, 15) is 4.79 Å². The Morgan fingerprint density at radius 2 is 1.93 bits per heavy atom. The summed E-state index contributed by atoms with van der Waals surface area (Å²) in [4.78, 5) is 11.1. The second-order valence-corrected chi connectivity index (χ2v) is 4.37. The van der Waals surface area contributed by atoms with E-state index >= 15 is 0 Å². The maximum atomic E-state index is 11.1. The smallest absolute Gasteiger partial charge is 0.324 e. The zero-order chi connectivity index (χ0) is 11.0. The van der Waals surface area contributed by atoms with Crippen molar-refractivity contribution in [1.29, 1.82) is 0 Å². The summed E-state index contributed by atoms with van der Waals surface area (Å²) in [5.41, 5.74) is 0. The summed E-state index contributed by atoms with van der Waals surface area (Å²) in [7, 11) is 0. The van der Waals surface area contributed by atoms with Gasteiger partial charge in [-0.1, -0.05) is 26.2 Å². The molecular weight excluding hydrogens is 200 g/mol. The Hall–Kier alpha value is -0.240. The van der Waals surface area contributed by atoms with E-state index in [-0.39, 0.29) is 12.1 Å². The Bertz CT molecular complexity index is 157. The van der Waals surface area contributed by atoms with E-state index in [1.807, 2.05) is 6.92 Å². The zero-order valence-electron chi connectivity index (χ0n) is 9.38. The van der Waals surface area contributed by atoms with Gasteiger partial charge in [0.25, 0.3) is 0 Å². The van der Waals surface area contributed by atoms with Crippen LogP contribution >= 0.6 is 11.6 Å². The van der Waals surface area contributed by atoms with Gasteiger partial charge in [-0.3, -0.25) is 4.79 Å². The molecule has 0 rings (SSSR count). The Morgan fingerprint density at radius 3 is 2.43 bits per heavy atom. The lowest BCUT2D eigenvalue weighted by Crippen LogP contribution is -2.20. The molecule has 0 spiro atoms. The number of carbonyl (C=O) groups excluding carboxylic acids is 1. The van der Waals surface area contributed by atoms with E-state index < -0.39 is 5.38 Å². The topological polar surface area (TPSA) is 26.3 Å². The van der Waals surface area contributed by atoms with Gasteiger partial charge < -0.3 is 4.74 Å². The summed E-state index contributed by atoms with van der Waals surface area (Å²) in [6.45, 7) is 5.73. The van der Waals surface area contributed by atoms with E-state index in [0.29, 0.717) is 0 Å². The third kappa shape index (κ3) is 7.19. The Labute approximate surface area is 92.0 Å². The van der Waals surface area contributed by atoms with Gasteiger partial charge in [0.05, 0.1) is 6.10 Å². The molecular formula is C11H21ClO2. The highest BCUT2D eigenvalue weighted by atomic mass is 35.5. The lowest BCUT2D eigenvalue weighted by molar-refractivity contribution is -0.147. The fraction of sp³-hybridized carbons (Fsp3) is 0.909. The molecule has 0 N–H and O–H groups in total. The standard InChI is InChI=1S/C11H21ClO2/c1-4-5-6-7-8-9(2)14-11(13)10(3)12/h9-10H,4-8H2,1-3H3/t9-,10+/m1/s1. The first-order valence-corrected chi connectivity index (χ1v) is 5.86. The molecule has 0 aromatic carbocycles. The zero-order valence-corrected chi connectivity index (χ0v) is 10.1. The minimum absolute atomic E-state index is 0.000515. The largest absolute Gasteiger partial charge is 0.462 e. The number of hydrogen-bond acceptors (Lipinski definition) is 2. The lowest BCUT2D eigenvalue weighted by atomic mass is 10.1. The van der Waals surface area contributed by atoms with Crippen LogP contribution in [0.3, 0.4) is 0 Å². The van der Waals surface area contributed by atoms with Gasteiger partial charge >= 0.3 is 5.97 Å². The molecule has 0 unspecified atom stereocenters. The van der Waals surface area contributed by atoms with E-state index in [2.05, 4.69) is 6.92 Å². The van der Waals surface area contributed by atoms with Crippen LogP contribution in [0.5, 0.6) is 0 Å². The summed E-state index contributed by atoms with van der Waals surface area (Å²) < 4.78 is 5.12. The van der Waals surface area contributed by atoms with Crippen molar-refractivity contribution < 1.29 is 9.53 Å². The summed E-state index contributed by atoms with van der Waals surface area (Å²) in [5, 5.41) is -0.534. The number of ether oxygens (including phenoxy) is 1. The van der Waals surface area contributed by atoms with Gasteiger partial charge in [-0.05, 0) is 26.7 Å². The van der Waals surface area contributed by atoms with E-state index in [0.717, 1.165) is 12.8 Å². The minimum Gasteiger partial charge on any atom is -0.462 e. The van der Waals surface area contributed by atoms with Gasteiger partial charge in [0, 0.05) is 0 Å². The molecule has 3 heteroatoms. The summed E-state index contributed by atoms with van der Waals surface area (Å²) in [6.07, 6.45) is 5.77. The van der Waals surface area contributed by atoms with Gasteiger partial charge in [-0.15, -0.1) is 11.6 Å². The van der Waals surface area contributed by atoms with Crippen molar-refractivity contribution in [2.75, 3.05) is 0 Å². The van der Waals surface area contributed by atoms with Crippen LogP contribution in [-0.2, 0) is 9.53 Å².